The normalized spacial score (nSPS) is 10.1. The molecular weight excluding hydrogens is 219 g/mol. The summed E-state index contributed by atoms with van der Waals surface area (Å²) in [6, 6.07) is 4.26. The predicted molar refractivity (Wildman–Crippen MR) is 56.6 cm³/mol. The molecule has 0 atom stereocenters. The molecule has 0 amide bonds. The quantitative estimate of drug-likeness (QED) is 0.585. The van der Waals surface area contributed by atoms with Gasteiger partial charge in [-0.3, -0.25) is 0 Å². The number of halogens is 2. The Morgan fingerprint density at radius 1 is 1.53 bits per heavy atom. The summed E-state index contributed by atoms with van der Waals surface area (Å²) >= 11 is 5.54. The standard InChI is InChI=1S/C11H12ClFO2/c1-2-3-7-15-11(14)8-5-4-6-9(12)10(8)13/h4-6H,2-3,7H2,1H3. The minimum atomic E-state index is -0.722. The lowest BCUT2D eigenvalue weighted by Gasteiger charge is -2.05. The van der Waals surface area contributed by atoms with Crippen LogP contribution in [0.4, 0.5) is 4.39 Å². The number of carbonyl (C=O) groups is 1. The Kier molecular flexibility index (Phi) is 4.56. The SMILES string of the molecule is CCCCOC(=O)c1cccc(Cl)c1F. The minimum Gasteiger partial charge on any atom is -0.462 e. The lowest BCUT2D eigenvalue weighted by molar-refractivity contribution is 0.0494. The summed E-state index contributed by atoms with van der Waals surface area (Å²) in [7, 11) is 0. The van der Waals surface area contributed by atoms with Gasteiger partial charge in [0.1, 0.15) is 0 Å². The van der Waals surface area contributed by atoms with Gasteiger partial charge in [0.15, 0.2) is 5.82 Å². The highest BCUT2D eigenvalue weighted by Gasteiger charge is 2.14. The van der Waals surface area contributed by atoms with E-state index in [9.17, 15) is 9.18 Å². The molecule has 0 spiro atoms. The van der Waals surface area contributed by atoms with Gasteiger partial charge in [-0.05, 0) is 18.6 Å². The van der Waals surface area contributed by atoms with Crippen molar-refractivity contribution in [1.82, 2.24) is 0 Å². The Morgan fingerprint density at radius 3 is 2.93 bits per heavy atom. The molecule has 0 saturated heterocycles. The lowest BCUT2D eigenvalue weighted by atomic mass is 10.2. The van der Waals surface area contributed by atoms with Crippen LogP contribution in [0.25, 0.3) is 0 Å². The summed E-state index contributed by atoms with van der Waals surface area (Å²) in [5.74, 6) is -1.39. The Labute approximate surface area is 93.0 Å². The molecule has 15 heavy (non-hydrogen) atoms. The smallest absolute Gasteiger partial charge is 0.341 e. The van der Waals surface area contributed by atoms with Crippen molar-refractivity contribution >= 4 is 17.6 Å². The van der Waals surface area contributed by atoms with E-state index < -0.39 is 11.8 Å². The van der Waals surface area contributed by atoms with E-state index >= 15 is 0 Å². The number of hydrogen-bond acceptors (Lipinski definition) is 2. The highest BCUT2D eigenvalue weighted by atomic mass is 35.5. The molecule has 0 saturated carbocycles. The van der Waals surface area contributed by atoms with Gasteiger partial charge < -0.3 is 4.74 Å². The number of carbonyl (C=O) groups excluding carboxylic acids is 1. The highest BCUT2D eigenvalue weighted by molar-refractivity contribution is 6.31. The van der Waals surface area contributed by atoms with E-state index in [0.29, 0.717) is 6.61 Å². The van der Waals surface area contributed by atoms with Gasteiger partial charge in [-0.2, -0.15) is 0 Å². The second-order valence-electron chi connectivity index (χ2n) is 3.09. The molecular formula is C11H12ClFO2. The first-order chi connectivity index (χ1) is 7.16. The fraction of sp³-hybridized carbons (Fsp3) is 0.364. The Bertz CT molecular complexity index is 352. The molecule has 0 aliphatic heterocycles. The van der Waals surface area contributed by atoms with Crippen molar-refractivity contribution in [3.05, 3.63) is 34.6 Å². The monoisotopic (exact) mass is 230 g/mol. The molecule has 0 aliphatic rings. The first kappa shape index (κ1) is 12.0. The van der Waals surface area contributed by atoms with Crippen LogP contribution in [0, 0.1) is 5.82 Å². The number of rotatable bonds is 4. The Morgan fingerprint density at radius 2 is 2.27 bits per heavy atom. The fourth-order valence-electron chi connectivity index (χ4n) is 1.05. The average Bonchev–Trinajstić information content (AvgIpc) is 2.22. The van der Waals surface area contributed by atoms with E-state index in [1.165, 1.54) is 18.2 Å². The molecule has 2 nitrogen and oxygen atoms in total. The van der Waals surface area contributed by atoms with Gasteiger partial charge in [-0.25, -0.2) is 9.18 Å². The molecule has 0 radical (unpaired) electrons. The minimum absolute atomic E-state index is 0.0695. The summed E-state index contributed by atoms with van der Waals surface area (Å²) < 4.78 is 18.2. The van der Waals surface area contributed by atoms with Crippen molar-refractivity contribution in [3.8, 4) is 0 Å². The summed E-state index contributed by atoms with van der Waals surface area (Å²) in [4.78, 5) is 11.4. The third-order valence-corrected chi connectivity index (χ3v) is 2.19. The zero-order valence-corrected chi connectivity index (χ0v) is 9.18. The molecule has 1 aromatic rings. The third-order valence-electron chi connectivity index (χ3n) is 1.90. The second-order valence-corrected chi connectivity index (χ2v) is 3.50. The van der Waals surface area contributed by atoms with Crippen LogP contribution in [0.1, 0.15) is 30.1 Å². The topological polar surface area (TPSA) is 26.3 Å². The van der Waals surface area contributed by atoms with Crippen molar-refractivity contribution < 1.29 is 13.9 Å². The van der Waals surface area contributed by atoms with Crippen molar-refractivity contribution in [3.63, 3.8) is 0 Å². The summed E-state index contributed by atoms with van der Waals surface area (Å²) in [5, 5.41) is -0.0695. The van der Waals surface area contributed by atoms with Crippen molar-refractivity contribution in [2.45, 2.75) is 19.8 Å². The van der Waals surface area contributed by atoms with E-state index in [2.05, 4.69) is 0 Å². The Balaban J connectivity index is 2.69. The predicted octanol–water partition coefficient (Wildman–Crippen LogP) is 3.44. The maximum atomic E-state index is 13.3. The van der Waals surface area contributed by atoms with Crippen molar-refractivity contribution in [2.24, 2.45) is 0 Å². The Hall–Kier alpha value is -1.09. The van der Waals surface area contributed by atoms with E-state index in [1.807, 2.05) is 6.92 Å². The van der Waals surface area contributed by atoms with Crippen LogP contribution < -0.4 is 0 Å². The molecule has 0 aliphatic carbocycles. The van der Waals surface area contributed by atoms with Crippen LogP contribution in [0.3, 0.4) is 0 Å². The first-order valence-corrected chi connectivity index (χ1v) is 5.15. The van der Waals surface area contributed by atoms with Crippen LogP contribution in [-0.4, -0.2) is 12.6 Å². The van der Waals surface area contributed by atoms with E-state index in [4.69, 9.17) is 16.3 Å². The number of hydrogen-bond donors (Lipinski definition) is 0. The van der Waals surface area contributed by atoms with Crippen LogP contribution in [0.2, 0.25) is 5.02 Å². The van der Waals surface area contributed by atoms with Gasteiger partial charge in [-0.15, -0.1) is 0 Å². The van der Waals surface area contributed by atoms with Crippen molar-refractivity contribution in [1.29, 1.82) is 0 Å². The van der Waals surface area contributed by atoms with Gasteiger partial charge in [0, 0.05) is 0 Å². The van der Waals surface area contributed by atoms with Crippen LogP contribution >= 0.6 is 11.6 Å². The molecule has 0 bridgehead atoms. The molecule has 4 heteroatoms. The molecule has 0 N–H and O–H groups in total. The van der Waals surface area contributed by atoms with E-state index in [1.54, 1.807) is 0 Å². The molecule has 0 aromatic heterocycles. The fourth-order valence-corrected chi connectivity index (χ4v) is 1.22. The summed E-state index contributed by atoms with van der Waals surface area (Å²) in [6.07, 6.45) is 1.69. The van der Waals surface area contributed by atoms with Gasteiger partial charge >= 0.3 is 5.97 Å². The molecule has 0 fully saturated rings. The van der Waals surface area contributed by atoms with Gasteiger partial charge in [0.25, 0.3) is 0 Å². The number of benzene rings is 1. The zero-order chi connectivity index (χ0) is 11.3. The summed E-state index contributed by atoms with van der Waals surface area (Å²) in [6.45, 7) is 2.29. The van der Waals surface area contributed by atoms with Crippen LogP contribution in [-0.2, 0) is 4.74 Å². The molecule has 1 aromatic carbocycles. The maximum Gasteiger partial charge on any atom is 0.341 e. The first-order valence-electron chi connectivity index (χ1n) is 4.78. The number of unbranched alkanes of at least 4 members (excludes halogenated alkanes) is 1. The third kappa shape index (κ3) is 3.20. The molecule has 1 rings (SSSR count). The van der Waals surface area contributed by atoms with Crippen LogP contribution in [0.5, 0.6) is 0 Å². The maximum absolute atomic E-state index is 13.3. The van der Waals surface area contributed by atoms with Gasteiger partial charge in [0.2, 0.25) is 0 Å². The van der Waals surface area contributed by atoms with E-state index in [0.717, 1.165) is 12.8 Å². The summed E-state index contributed by atoms with van der Waals surface area (Å²) in [5.41, 5.74) is -0.112. The highest BCUT2D eigenvalue weighted by Crippen LogP contribution is 2.18. The van der Waals surface area contributed by atoms with Crippen molar-refractivity contribution in [2.75, 3.05) is 6.61 Å². The average molecular weight is 231 g/mol. The molecule has 0 unspecified atom stereocenters. The van der Waals surface area contributed by atoms with Crippen LogP contribution in [0.15, 0.2) is 18.2 Å². The molecule has 0 heterocycles. The zero-order valence-electron chi connectivity index (χ0n) is 8.43. The molecule has 82 valence electrons. The second kappa shape index (κ2) is 5.71. The largest absolute Gasteiger partial charge is 0.462 e. The van der Waals surface area contributed by atoms with Gasteiger partial charge in [-0.1, -0.05) is 31.0 Å². The lowest BCUT2D eigenvalue weighted by Crippen LogP contribution is -2.08. The number of ether oxygens (including phenoxy) is 1. The van der Waals surface area contributed by atoms with E-state index in [-0.39, 0.29) is 10.6 Å². The number of esters is 1. The van der Waals surface area contributed by atoms with Gasteiger partial charge in [0.05, 0.1) is 17.2 Å².